The standard InChI is InChI=1S/C16H22N2O3/c19-12-14-9-5-2-6-10-18(14)11-15(20)17-16(21)13-7-3-1-4-8-13/h1,3-4,7-8,14,19H,2,5-6,9-12H2,(H,17,20,21). The molecule has 21 heavy (non-hydrogen) atoms. The van der Waals surface area contributed by atoms with Crippen molar-refractivity contribution < 1.29 is 14.7 Å². The Balaban J connectivity index is 1.89. The van der Waals surface area contributed by atoms with Gasteiger partial charge in [-0.25, -0.2) is 0 Å². The second kappa shape index (κ2) is 7.90. The first-order valence-electron chi connectivity index (χ1n) is 7.45. The zero-order valence-corrected chi connectivity index (χ0v) is 12.1. The fourth-order valence-corrected chi connectivity index (χ4v) is 2.66. The largest absolute Gasteiger partial charge is 0.395 e. The third-order valence-electron chi connectivity index (χ3n) is 3.85. The van der Waals surface area contributed by atoms with E-state index in [0.29, 0.717) is 5.56 Å². The zero-order chi connectivity index (χ0) is 15.1. The van der Waals surface area contributed by atoms with Crippen molar-refractivity contribution in [3.8, 4) is 0 Å². The molecule has 114 valence electrons. The number of carbonyl (C=O) groups is 2. The fourth-order valence-electron chi connectivity index (χ4n) is 2.66. The number of hydrogen-bond donors (Lipinski definition) is 2. The fraction of sp³-hybridized carbons (Fsp3) is 0.500. The Morgan fingerprint density at radius 2 is 1.95 bits per heavy atom. The van der Waals surface area contributed by atoms with Crippen LogP contribution in [0.1, 0.15) is 36.0 Å². The van der Waals surface area contributed by atoms with Gasteiger partial charge < -0.3 is 5.11 Å². The molecule has 0 radical (unpaired) electrons. The van der Waals surface area contributed by atoms with Gasteiger partial charge in [0.15, 0.2) is 0 Å². The van der Waals surface area contributed by atoms with Gasteiger partial charge in [-0.1, -0.05) is 31.0 Å². The van der Waals surface area contributed by atoms with Gasteiger partial charge in [0.2, 0.25) is 5.91 Å². The van der Waals surface area contributed by atoms with Crippen LogP contribution in [0.4, 0.5) is 0 Å². The molecule has 1 aliphatic heterocycles. The number of nitrogens with zero attached hydrogens (tertiary/aromatic N) is 1. The van der Waals surface area contributed by atoms with Crippen LogP contribution in [0, 0.1) is 0 Å². The minimum Gasteiger partial charge on any atom is -0.395 e. The maximum absolute atomic E-state index is 12.0. The number of hydrogen-bond acceptors (Lipinski definition) is 4. The zero-order valence-electron chi connectivity index (χ0n) is 12.1. The predicted molar refractivity (Wildman–Crippen MR) is 79.8 cm³/mol. The van der Waals surface area contributed by atoms with Crippen molar-refractivity contribution in [3.05, 3.63) is 35.9 Å². The van der Waals surface area contributed by atoms with E-state index < -0.39 is 0 Å². The molecule has 2 amide bonds. The van der Waals surface area contributed by atoms with Gasteiger partial charge in [-0.3, -0.25) is 19.8 Å². The number of nitrogens with one attached hydrogen (secondary N) is 1. The van der Waals surface area contributed by atoms with Gasteiger partial charge in [0.25, 0.3) is 5.91 Å². The smallest absolute Gasteiger partial charge is 0.257 e. The van der Waals surface area contributed by atoms with Crippen LogP contribution >= 0.6 is 0 Å². The molecular formula is C16H22N2O3. The van der Waals surface area contributed by atoms with Crippen molar-refractivity contribution in [2.75, 3.05) is 19.7 Å². The first-order chi connectivity index (χ1) is 10.2. The molecule has 1 unspecified atom stereocenters. The molecule has 0 aliphatic carbocycles. The summed E-state index contributed by atoms with van der Waals surface area (Å²) >= 11 is 0. The molecule has 1 saturated heterocycles. The minimum atomic E-state index is -0.379. The summed E-state index contributed by atoms with van der Waals surface area (Å²) in [6, 6.07) is 8.70. The highest BCUT2D eigenvalue weighted by atomic mass is 16.3. The van der Waals surface area contributed by atoms with Crippen molar-refractivity contribution in [1.29, 1.82) is 0 Å². The SMILES string of the molecule is O=C(CN1CCCCCC1CO)NC(=O)c1ccccc1. The van der Waals surface area contributed by atoms with Crippen LogP contribution in [0.5, 0.6) is 0 Å². The molecule has 1 atom stereocenters. The molecule has 1 aromatic rings. The number of aliphatic hydroxyl groups excluding tert-OH is 1. The highest BCUT2D eigenvalue weighted by Crippen LogP contribution is 2.15. The topological polar surface area (TPSA) is 69.6 Å². The summed E-state index contributed by atoms with van der Waals surface area (Å²) in [6.45, 7) is 1.00. The Hall–Kier alpha value is -1.72. The first kappa shape index (κ1) is 15.7. The average Bonchev–Trinajstić information content (AvgIpc) is 2.73. The highest BCUT2D eigenvalue weighted by molar-refractivity contribution is 6.05. The number of benzene rings is 1. The van der Waals surface area contributed by atoms with E-state index >= 15 is 0 Å². The van der Waals surface area contributed by atoms with E-state index in [-0.39, 0.29) is 31.0 Å². The second-order valence-corrected chi connectivity index (χ2v) is 5.40. The molecule has 1 heterocycles. The summed E-state index contributed by atoms with van der Waals surface area (Å²) in [7, 11) is 0. The van der Waals surface area contributed by atoms with Crippen LogP contribution in [-0.2, 0) is 4.79 Å². The van der Waals surface area contributed by atoms with Crippen LogP contribution in [-0.4, -0.2) is 47.6 Å². The molecule has 1 aromatic carbocycles. The predicted octanol–water partition coefficient (Wildman–Crippen LogP) is 1.18. The van der Waals surface area contributed by atoms with Gasteiger partial charge in [-0.05, 0) is 31.5 Å². The molecule has 1 fully saturated rings. The average molecular weight is 290 g/mol. The molecule has 2 rings (SSSR count). The first-order valence-corrected chi connectivity index (χ1v) is 7.45. The molecule has 0 bridgehead atoms. The lowest BCUT2D eigenvalue weighted by Gasteiger charge is -2.27. The molecule has 5 nitrogen and oxygen atoms in total. The number of aliphatic hydroxyl groups is 1. The number of rotatable bonds is 4. The van der Waals surface area contributed by atoms with Crippen molar-refractivity contribution in [2.24, 2.45) is 0 Å². The molecule has 2 N–H and O–H groups in total. The van der Waals surface area contributed by atoms with Gasteiger partial charge >= 0.3 is 0 Å². The van der Waals surface area contributed by atoms with Crippen molar-refractivity contribution >= 4 is 11.8 Å². The van der Waals surface area contributed by atoms with Crippen LogP contribution in [0.2, 0.25) is 0 Å². The van der Waals surface area contributed by atoms with Crippen LogP contribution in [0.25, 0.3) is 0 Å². The van der Waals surface area contributed by atoms with Crippen LogP contribution < -0.4 is 5.32 Å². The van der Waals surface area contributed by atoms with E-state index in [2.05, 4.69) is 5.32 Å². The van der Waals surface area contributed by atoms with Crippen LogP contribution in [0.3, 0.4) is 0 Å². The van der Waals surface area contributed by atoms with Gasteiger partial charge in [-0.2, -0.15) is 0 Å². The lowest BCUT2D eigenvalue weighted by atomic mass is 10.1. The molecule has 0 aromatic heterocycles. The van der Waals surface area contributed by atoms with Crippen molar-refractivity contribution in [3.63, 3.8) is 0 Å². The molecule has 0 spiro atoms. The summed E-state index contributed by atoms with van der Waals surface area (Å²) in [5.41, 5.74) is 0.473. The summed E-state index contributed by atoms with van der Waals surface area (Å²) in [6.07, 6.45) is 4.12. The van der Waals surface area contributed by atoms with Gasteiger partial charge in [0, 0.05) is 11.6 Å². The number of amides is 2. The highest BCUT2D eigenvalue weighted by Gasteiger charge is 2.23. The van der Waals surface area contributed by atoms with E-state index in [1.165, 1.54) is 0 Å². The van der Waals surface area contributed by atoms with Gasteiger partial charge in [-0.15, -0.1) is 0 Å². The third-order valence-corrected chi connectivity index (χ3v) is 3.85. The Morgan fingerprint density at radius 3 is 2.67 bits per heavy atom. The monoisotopic (exact) mass is 290 g/mol. The van der Waals surface area contributed by atoms with Gasteiger partial charge in [0.05, 0.1) is 13.2 Å². The van der Waals surface area contributed by atoms with Crippen LogP contribution in [0.15, 0.2) is 30.3 Å². The maximum atomic E-state index is 12.0. The number of likely N-dealkylation sites (tertiary alicyclic amines) is 1. The Morgan fingerprint density at radius 1 is 1.19 bits per heavy atom. The number of carbonyl (C=O) groups excluding carboxylic acids is 2. The van der Waals surface area contributed by atoms with E-state index in [1.54, 1.807) is 24.3 Å². The second-order valence-electron chi connectivity index (χ2n) is 5.40. The quantitative estimate of drug-likeness (QED) is 0.873. The summed E-state index contributed by atoms with van der Waals surface area (Å²) in [4.78, 5) is 25.9. The minimum absolute atomic E-state index is 0.0186. The molecule has 1 aliphatic rings. The van der Waals surface area contributed by atoms with Crippen molar-refractivity contribution in [1.82, 2.24) is 10.2 Å². The normalized spacial score (nSPS) is 19.8. The molecule has 0 saturated carbocycles. The summed E-state index contributed by atoms with van der Waals surface area (Å²) in [5, 5.41) is 11.8. The number of imide groups is 1. The Labute approximate surface area is 125 Å². The molecule has 5 heteroatoms. The maximum Gasteiger partial charge on any atom is 0.257 e. The van der Waals surface area contributed by atoms with Crippen molar-refractivity contribution in [2.45, 2.75) is 31.7 Å². The Kier molecular flexibility index (Phi) is 5.90. The lowest BCUT2D eigenvalue weighted by molar-refractivity contribution is -0.122. The van der Waals surface area contributed by atoms with Gasteiger partial charge in [0.1, 0.15) is 0 Å². The molecular weight excluding hydrogens is 268 g/mol. The van der Waals surface area contributed by atoms with E-state index in [9.17, 15) is 14.7 Å². The Bertz CT molecular complexity index is 476. The lowest BCUT2D eigenvalue weighted by Crippen LogP contribution is -2.45. The summed E-state index contributed by atoms with van der Waals surface area (Å²) < 4.78 is 0. The third kappa shape index (κ3) is 4.65. The summed E-state index contributed by atoms with van der Waals surface area (Å²) in [5.74, 6) is -0.694. The van der Waals surface area contributed by atoms with E-state index in [4.69, 9.17) is 0 Å². The van der Waals surface area contributed by atoms with E-state index in [1.807, 2.05) is 11.0 Å². The van der Waals surface area contributed by atoms with E-state index in [0.717, 1.165) is 32.2 Å².